The second-order valence-electron chi connectivity index (χ2n) is 5.59. The van der Waals surface area contributed by atoms with Gasteiger partial charge in [0.1, 0.15) is 0 Å². The molecule has 0 bridgehead atoms. The molecule has 2 aromatic carbocycles. The summed E-state index contributed by atoms with van der Waals surface area (Å²) in [6.45, 7) is 4.26. The average molecular weight is 314 g/mol. The molecule has 4 heteroatoms. The molecule has 0 saturated heterocycles. The van der Waals surface area contributed by atoms with E-state index in [0.29, 0.717) is 24.5 Å². The highest BCUT2D eigenvalue weighted by atomic mass is 16.5. The molecule has 0 aliphatic carbocycles. The Morgan fingerprint density at radius 2 is 1.70 bits per heavy atom. The van der Waals surface area contributed by atoms with Crippen molar-refractivity contribution in [1.82, 2.24) is 0 Å². The fraction of sp³-hybridized carbons (Fsp3) is 0.316. The summed E-state index contributed by atoms with van der Waals surface area (Å²) in [6, 6.07) is 13.2. The number of carboxylic acids is 1. The van der Waals surface area contributed by atoms with Gasteiger partial charge in [-0.2, -0.15) is 0 Å². The van der Waals surface area contributed by atoms with E-state index in [1.165, 1.54) is 0 Å². The molecule has 0 fully saturated rings. The van der Waals surface area contributed by atoms with Gasteiger partial charge in [0.05, 0.1) is 19.6 Å². The normalized spacial score (nSPS) is 11.8. The summed E-state index contributed by atoms with van der Waals surface area (Å²) >= 11 is 0. The molecule has 0 aromatic heterocycles. The fourth-order valence-electron chi connectivity index (χ4n) is 2.41. The van der Waals surface area contributed by atoms with E-state index in [-0.39, 0.29) is 0 Å². The molecule has 1 atom stereocenters. The van der Waals surface area contributed by atoms with Crippen LogP contribution >= 0.6 is 0 Å². The van der Waals surface area contributed by atoms with E-state index in [1.807, 2.05) is 56.3 Å². The minimum absolute atomic E-state index is 0.310. The molecule has 122 valence electrons. The number of methoxy groups -OCH3 is 1. The van der Waals surface area contributed by atoms with Crippen molar-refractivity contribution in [2.75, 3.05) is 13.7 Å². The lowest BCUT2D eigenvalue weighted by atomic mass is 9.95. The van der Waals surface area contributed by atoms with Crippen molar-refractivity contribution in [2.24, 2.45) is 0 Å². The number of rotatable bonds is 7. The predicted molar refractivity (Wildman–Crippen MR) is 89.4 cm³/mol. The second kappa shape index (κ2) is 7.68. The summed E-state index contributed by atoms with van der Waals surface area (Å²) < 4.78 is 11.0. The lowest BCUT2D eigenvalue weighted by molar-refractivity contribution is -0.139. The Balaban J connectivity index is 2.03. The zero-order valence-corrected chi connectivity index (χ0v) is 13.7. The van der Waals surface area contributed by atoms with Crippen molar-refractivity contribution in [1.29, 1.82) is 0 Å². The van der Waals surface area contributed by atoms with Crippen LogP contribution in [-0.4, -0.2) is 24.8 Å². The van der Waals surface area contributed by atoms with Gasteiger partial charge in [0.15, 0.2) is 11.5 Å². The van der Waals surface area contributed by atoms with Crippen molar-refractivity contribution in [3.05, 3.63) is 59.2 Å². The van der Waals surface area contributed by atoms with Crippen LogP contribution in [0, 0.1) is 13.8 Å². The molecule has 2 aromatic rings. The Morgan fingerprint density at radius 3 is 2.30 bits per heavy atom. The van der Waals surface area contributed by atoms with E-state index in [9.17, 15) is 9.90 Å². The van der Waals surface area contributed by atoms with Crippen LogP contribution in [0.5, 0.6) is 11.5 Å². The van der Waals surface area contributed by atoms with Crippen LogP contribution < -0.4 is 9.47 Å². The van der Waals surface area contributed by atoms with Crippen LogP contribution in [0.4, 0.5) is 0 Å². The topological polar surface area (TPSA) is 55.8 Å². The first kappa shape index (κ1) is 16.9. The number of aryl methyl sites for hydroxylation is 2. The van der Waals surface area contributed by atoms with Gasteiger partial charge < -0.3 is 14.6 Å². The zero-order valence-electron chi connectivity index (χ0n) is 13.7. The standard InChI is InChI=1S/C19H22O4/c1-13-4-7-15(8-5-13)16(19(20)21)10-11-23-17-9-6-14(2)12-18(17)22-3/h4-9,12,16H,10-11H2,1-3H3,(H,20,21). The van der Waals surface area contributed by atoms with E-state index in [0.717, 1.165) is 16.7 Å². The molecular formula is C19H22O4. The number of hydrogen-bond donors (Lipinski definition) is 1. The van der Waals surface area contributed by atoms with E-state index >= 15 is 0 Å². The van der Waals surface area contributed by atoms with Gasteiger partial charge >= 0.3 is 5.97 Å². The SMILES string of the molecule is COc1cc(C)ccc1OCCC(C(=O)O)c1ccc(C)cc1. The third kappa shape index (κ3) is 4.49. The maximum absolute atomic E-state index is 11.5. The van der Waals surface area contributed by atoms with Gasteiger partial charge in [-0.1, -0.05) is 35.9 Å². The van der Waals surface area contributed by atoms with Crippen molar-refractivity contribution in [3.8, 4) is 11.5 Å². The fourth-order valence-corrected chi connectivity index (χ4v) is 2.41. The van der Waals surface area contributed by atoms with Crippen LogP contribution in [0.2, 0.25) is 0 Å². The van der Waals surface area contributed by atoms with Crippen LogP contribution in [0.25, 0.3) is 0 Å². The Bertz CT molecular complexity index is 662. The van der Waals surface area contributed by atoms with Gasteiger partial charge in [0.25, 0.3) is 0 Å². The monoisotopic (exact) mass is 314 g/mol. The molecule has 0 heterocycles. The molecule has 4 nitrogen and oxygen atoms in total. The highest BCUT2D eigenvalue weighted by Crippen LogP contribution is 2.29. The van der Waals surface area contributed by atoms with Gasteiger partial charge in [0, 0.05) is 0 Å². The van der Waals surface area contributed by atoms with Gasteiger partial charge in [-0.05, 0) is 43.5 Å². The molecule has 0 amide bonds. The third-order valence-electron chi connectivity index (χ3n) is 3.76. The summed E-state index contributed by atoms with van der Waals surface area (Å²) in [7, 11) is 1.59. The molecule has 0 saturated carbocycles. The van der Waals surface area contributed by atoms with Crippen LogP contribution in [-0.2, 0) is 4.79 Å². The number of carboxylic acid groups (broad SMARTS) is 1. The molecular weight excluding hydrogens is 292 g/mol. The van der Waals surface area contributed by atoms with E-state index in [1.54, 1.807) is 7.11 Å². The number of benzene rings is 2. The van der Waals surface area contributed by atoms with Crippen molar-refractivity contribution >= 4 is 5.97 Å². The maximum atomic E-state index is 11.5. The van der Waals surface area contributed by atoms with Crippen molar-refractivity contribution in [2.45, 2.75) is 26.2 Å². The number of aliphatic carboxylic acids is 1. The van der Waals surface area contributed by atoms with Gasteiger partial charge in [-0.25, -0.2) is 0 Å². The second-order valence-corrected chi connectivity index (χ2v) is 5.59. The number of carbonyl (C=O) groups is 1. The minimum Gasteiger partial charge on any atom is -0.493 e. The molecule has 1 unspecified atom stereocenters. The number of ether oxygens (including phenoxy) is 2. The summed E-state index contributed by atoms with van der Waals surface area (Å²) in [4.78, 5) is 11.5. The first-order valence-electron chi connectivity index (χ1n) is 7.58. The Morgan fingerprint density at radius 1 is 1.04 bits per heavy atom. The maximum Gasteiger partial charge on any atom is 0.311 e. The van der Waals surface area contributed by atoms with Gasteiger partial charge in [0.2, 0.25) is 0 Å². The first-order valence-corrected chi connectivity index (χ1v) is 7.58. The summed E-state index contributed by atoms with van der Waals surface area (Å²) in [5.41, 5.74) is 2.98. The summed E-state index contributed by atoms with van der Waals surface area (Å²) in [6.07, 6.45) is 0.398. The minimum atomic E-state index is -0.840. The Labute approximate surface area is 136 Å². The quantitative estimate of drug-likeness (QED) is 0.840. The Hall–Kier alpha value is -2.49. The van der Waals surface area contributed by atoms with Crippen LogP contribution in [0.1, 0.15) is 29.0 Å². The Kier molecular flexibility index (Phi) is 5.63. The molecule has 1 N–H and O–H groups in total. The van der Waals surface area contributed by atoms with Crippen LogP contribution in [0.3, 0.4) is 0 Å². The van der Waals surface area contributed by atoms with Crippen molar-refractivity contribution in [3.63, 3.8) is 0 Å². The predicted octanol–water partition coefficient (Wildman–Crippen LogP) is 3.95. The smallest absolute Gasteiger partial charge is 0.311 e. The highest BCUT2D eigenvalue weighted by Gasteiger charge is 2.20. The van der Waals surface area contributed by atoms with Gasteiger partial charge in [-0.15, -0.1) is 0 Å². The van der Waals surface area contributed by atoms with Crippen LogP contribution in [0.15, 0.2) is 42.5 Å². The molecule has 0 aliphatic rings. The highest BCUT2D eigenvalue weighted by molar-refractivity contribution is 5.76. The molecule has 0 radical (unpaired) electrons. The first-order chi connectivity index (χ1) is 11.0. The molecule has 0 spiro atoms. The van der Waals surface area contributed by atoms with E-state index in [4.69, 9.17) is 9.47 Å². The van der Waals surface area contributed by atoms with E-state index in [2.05, 4.69) is 0 Å². The van der Waals surface area contributed by atoms with Crippen molar-refractivity contribution < 1.29 is 19.4 Å². The lowest BCUT2D eigenvalue weighted by Gasteiger charge is -2.15. The lowest BCUT2D eigenvalue weighted by Crippen LogP contribution is -2.15. The number of hydrogen-bond acceptors (Lipinski definition) is 3. The third-order valence-corrected chi connectivity index (χ3v) is 3.76. The molecule has 23 heavy (non-hydrogen) atoms. The molecule has 0 aliphatic heterocycles. The molecule has 2 rings (SSSR count). The largest absolute Gasteiger partial charge is 0.493 e. The summed E-state index contributed by atoms with van der Waals surface area (Å²) in [5, 5.41) is 9.45. The zero-order chi connectivity index (χ0) is 16.8. The van der Waals surface area contributed by atoms with Gasteiger partial charge in [-0.3, -0.25) is 4.79 Å². The summed E-state index contributed by atoms with van der Waals surface area (Å²) in [5.74, 6) is -0.126. The average Bonchev–Trinajstić information content (AvgIpc) is 2.53. The van der Waals surface area contributed by atoms with E-state index < -0.39 is 11.9 Å².